The minimum absolute atomic E-state index is 0.176. The third kappa shape index (κ3) is 3.04. The van der Waals surface area contributed by atoms with E-state index in [9.17, 15) is 9.59 Å². The van der Waals surface area contributed by atoms with Gasteiger partial charge in [0.15, 0.2) is 0 Å². The maximum absolute atomic E-state index is 12.8. The van der Waals surface area contributed by atoms with Crippen LogP contribution in [-0.2, 0) is 9.59 Å². The van der Waals surface area contributed by atoms with Crippen molar-refractivity contribution >= 4 is 11.8 Å². The topological polar surface area (TPSA) is 40.6 Å². The Balaban J connectivity index is 1.30. The molecule has 1 aromatic carbocycles. The van der Waals surface area contributed by atoms with Gasteiger partial charge in [-0.15, -0.1) is 0 Å². The van der Waals surface area contributed by atoms with Gasteiger partial charge in [0, 0.05) is 38.0 Å². The van der Waals surface area contributed by atoms with Crippen LogP contribution in [0.5, 0.6) is 0 Å². The highest BCUT2D eigenvalue weighted by molar-refractivity contribution is 5.84. The highest BCUT2D eigenvalue weighted by Crippen LogP contribution is 2.60. The zero-order valence-electron chi connectivity index (χ0n) is 16.1. The maximum atomic E-state index is 12.8. The molecule has 4 rings (SSSR count). The first-order valence-corrected chi connectivity index (χ1v) is 10.0. The molecule has 2 saturated carbocycles. The molecule has 4 nitrogen and oxygen atoms in total. The highest BCUT2D eigenvalue weighted by Gasteiger charge is 2.60. The molecule has 0 radical (unpaired) electrons. The molecule has 0 bridgehead atoms. The normalized spacial score (nSPS) is 28.9. The van der Waals surface area contributed by atoms with Gasteiger partial charge in [0.2, 0.25) is 11.8 Å². The zero-order chi connectivity index (χ0) is 18.5. The predicted molar refractivity (Wildman–Crippen MR) is 102 cm³/mol. The second-order valence-electron chi connectivity index (χ2n) is 8.85. The van der Waals surface area contributed by atoms with Crippen LogP contribution in [0.4, 0.5) is 0 Å². The third-order valence-corrected chi connectivity index (χ3v) is 7.02. The van der Waals surface area contributed by atoms with Crippen molar-refractivity contribution < 1.29 is 9.59 Å². The van der Waals surface area contributed by atoms with Gasteiger partial charge in [-0.05, 0) is 56.4 Å². The average Bonchev–Trinajstić information content (AvgIpc) is 3.57. The monoisotopic (exact) mass is 354 g/mol. The Kier molecular flexibility index (Phi) is 4.32. The fourth-order valence-electron chi connectivity index (χ4n) is 4.69. The molecule has 26 heavy (non-hydrogen) atoms. The summed E-state index contributed by atoms with van der Waals surface area (Å²) in [6.45, 7) is 5.78. The minimum Gasteiger partial charge on any atom is -0.343 e. The SMILES string of the molecule is CC(C)N(C)C(=O)C1CC12CCN(C(=O)C1CC1c1ccccc1)CC2. The average molecular weight is 354 g/mol. The Bertz CT molecular complexity index is 691. The molecule has 3 fully saturated rings. The van der Waals surface area contributed by atoms with Crippen molar-refractivity contribution in [3.63, 3.8) is 0 Å². The van der Waals surface area contributed by atoms with Crippen LogP contribution in [-0.4, -0.2) is 47.8 Å². The number of likely N-dealkylation sites (tertiary alicyclic amines) is 1. The first-order valence-electron chi connectivity index (χ1n) is 10.0. The number of nitrogens with zero attached hydrogens (tertiary/aromatic N) is 2. The van der Waals surface area contributed by atoms with Crippen molar-refractivity contribution in [1.29, 1.82) is 0 Å². The lowest BCUT2D eigenvalue weighted by molar-refractivity contribution is -0.135. The van der Waals surface area contributed by atoms with Gasteiger partial charge in [0.1, 0.15) is 0 Å². The molecular formula is C22H30N2O2. The summed E-state index contributed by atoms with van der Waals surface area (Å²) in [5.74, 6) is 1.40. The van der Waals surface area contributed by atoms with Gasteiger partial charge in [0.25, 0.3) is 0 Å². The lowest BCUT2D eigenvalue weighted by Gasteiger charge is -2.34. The van der Waals surface area contributed by atoms with Gasteiger partial charge in [-0.1, -0.05) is 30.3 Å². The Labute approximate surface area is 156 Å². The van der Waals surface area contributed by atoms with Crippen LogP contribution in [0.3, 0.4) is 0 Å². The predicted octanol–water partition coefficient (Wildman–Crippen LogP) is 3.29. The van der Waals surface area contributed by atoms with Crippen molar-refractivity contribution in [3.05, 3.63) is 35.9 Å². The molecule has 0 aromatic heterocycles. The summed E-state index contributed by atoms with van der Waals surface area (Å²) in [6, 6.07) is 10.7. The number of hydrogen-bond donors (Lipinski definition) is 0. The van der Waals surface area contributed by atoms with Crippen LogP contribution >= 0.6 is 0 Å². The number of benzene rings is 1. The first-order chi connectivity index (χ1) is 12.4. The smallest absolute Gasteiger partial charge is 0.226 e. The summed E-state index contributed by atoms with van der Waals surface area (Å²) in [6.07, 6.45) is 3.99. The Morgan fingerprint density at radius 1 is 1.15 bits per heavy atom. The lowest BCUT2D eigenvalue weighted by atomic mass is 9.90. The summed E-state index contributed by atoms with van der Waals surface area (Å²) >= 11 is 0. The van der Waals surface area contributed by atoms with Gasteiger partial charge >= 0.3 is 0 Å². The quantitative estimate of drug-likeness (QED) is 0.832. The number of piperidine rings is 1. The van der Waals surface area contributed by atoms with Crippen LogP contribution in [0.1, 0.15) is 51.0 Å². The van der Waals surface area contributed by atoms with E-state index < -0.39 is 0 Å². The van der Waals surface area contributed by atoms with E-state index in [0.29, 0.717) is 17.7 Å². The second-order valence-corrected chi connectivity index (χ2v) is 8.85. The fourth-order valence-corrected chi connectivity index (χ4v) is 4.69. The summed E-state index contributed by atoms with van der Waals surface area (Å²) < 4.78 is 0. The summed E-state index contributed by atoms with van der Waals surface area (Å²) in [7, 11) is 1.91. The largest absolute Gasteiger partial charge is 0.343 e. The Morgan fingerprint density at radius 2 is 1.81 bits per heavy atom. The van der Waals surface area contributed by atoms with Crippen LogP contribution < -0.4 is 0 Å². The molecule has 1 spiro atoms. The second kappa shape index (κ2) is 6.40. The van der Waals surface area contributed by atoms with E-state index in [4.69, 9.17) is 0 Å². The molecule has 1 saturated heterocycles. The molecule has 1 aliphatic heterocycles. The highest BCUT2D eigenvalue weighted by atomic mass is 16.2. The number of amides is 2. The van der Waals surface area contributed by atoms with Gasteiger partial charge in [-0.25, -0.2) is 0 Å². The van der Waals surface area contributed by atoms with E-state index in [-0.39, 0.29) is 23.3 Å². The standard InChI is InChI=1S/C22H30N2O2/c1-15(2)23(3)21(26)19-14-22(19)9-11-24(12-10-22)20(25)18-13-17(18)16-7-5-4-6-8-16/h4-8,15,17-19H,9-14H2,1-3H3. The van der Waals surface area contributed by atoms with E-state index in [1.807, 2.05) is 18.0 Å². The van der Waals surface area contributed by atoms with E-state index >= 15 is 0 Å². The molecule has 2 aliphatic carbocycles. The van der Waals surface area contributed by atoms with Gasteiger partial charge in [0.05, 0.1) is 0 Å². The van der Waals surface area contributed by atoms with Crippen LogP contribution in [0, 0.1) is 17.3 Å². The van der Waals surface area contributed by atoms with Crippen molar-refractivity contribution in [3.8, 4) is 0 Å². The van der Waals surface area contributed by atoms with Crippen molar-refractivity contribution in [2.45, 2.75) is 51.5 Å². The van der Waals surface area contributed by atoms with Crippen molar-refractivity contribution in [2.24, 2.45) is 17.3 Å². The van der Waals surface area contributed by atoms with Crippen LogP contribution in [0.2, 0.25) is 0 Å². The maximum Gasteiger partial charge on any atom is 0.226 e. The molecule has 3 aliphatic rings. The Hall–Kier alpha value is -1.84. The first kappa shape index (κ1) is 17.6. The lowest BCUT2D eigenvalue weighted by Crippen LogP contribution is -2.42. The molecular weight excluding hydrogens is 324 g/mol. The van der Waals surface area contributed by atoms with Gasteiger partial charge in [-0.3, -0.25) is 9.59 Å². The van der Waals surface area contributed by atoms with Gasteiger partial charge in [-0.2, -0.15) is 0 Å². The van der Waals surface area contributed by atoms with E-state index in [1.165, 1.54) is 5.56 Å². The minimum atomic E-state index is 0.176. The van der Waals surface area contributed by atoms with E-state index in [2.05, 4.69) is 43.0 Å². The molecule has 0 N–H and O–H groups in total. The number of carbonyl (C=O) groups is 2. The van der Waals surface area contributed by atoms with Gasteiger partial charge < -0.3 is 9.80 Å². The van der Waals surface area contributed by atoms with E-state index in [1.54, 1.807) is 0 Å². The molecule has 1 aromatic rings. The number of hydrogen-bond acceptors (Lipinski definition) is 2. The summed E-state index contributed by atoms with van der Waals surface area (Å²) in [5, 5.41) is 0. The molecule has 1 heterocycles. The molecule has 4 heteroatoms. The fraction of sp³-hybridized carbons (Fsp3) is 0.636. The summed E-state index contributed by atoms with van der Waals surface area (Å²) in [5.41, 5.74) is 1.48. The molecule has 2 amide bonds. The molecule has 140 valence electrons. The summed E-state index contributed by atoms with van der Waals surface area (Å²) in [4.78, 5) is 29.4. The van der Waals surface area contributed by atoms with Crippen molar-refractivity contribution in [1.82, 2.24) is 9.80 Å². The number of carbonyl (C=O) groups excluding carboxylic acids is 2. The molecule has 3 atom stereocenters. The van der Waals surface area contributed by atoms with Crippen molar-refractivity contribution in [2.75, 3.05) is 20.1 Å². The van der Waals surface area contributed by atoms with Crippen LogP contribution in [0.15, 0.2) is 30.3 Å². The number of rotatable bonds is 4. The van der Waals surface area contributed by atoms with E-state index in [0.717, 1.165) is 38.8 Å². The molecule has 3 unspecified atom stereocenters. The zero-order valence-corrected chi connectivity index (χ0v) is 16.1. The van der Waals surface area contributed by atoms with Crippen LogP contribution in [0.25, 0.3) is 0 Å². The Morgan fingerprint density at radius 3 is 2.42 bits per heavy atom. The third-order valence-electron chi connectivity index (χ3n) is 7.02.